The summed E-state index contributed by atoms with van der Waals surface area (Å²) < 4.78 is 0. The van der Waals surface area contributed by atoms with Crippen LogP contribution in [0.4, 0.5) is 5.82 Å². The van der Waals surface area contributed by atoms with E-state index in [0.29, 0.717) is 12.3 Å². The molecule has 1 aliphatic rings. The second kappa shape index (κ2) is 4.84. The summed E-state index contributed by atoms with van der Waals surface area (Å²) >= 11 is 0. The van der Waals surface area contributed by atoms with E-state index < -0.39 is 0 Å². The molecule has 1 saturated carbocycles. The molecule has 0 unspecified atom stereocenters. The molecule has 0 bridgehead atoms. The van der Waals surface area contributed by atoms with Crippen LogP contribution in [0.3, 0.4) is 0 Å². The van der Waals surface area contributed by atoms with E-state index in [9.17, 15) is 0 Å². The highest BCUT2D eigenvalue weighted by molar-refractivity contribution is 5.74. The zero-order valence-corrected chi connectivity index (χ0v) is 11.9. The maximum atomic E-state index is 4.70. The lowest BCUT2D eigenvalue weighted by Gasteiger charge is -2.06. The van der Waals surface area contributed by atoms with Crippen molar-refractivity contribution in [3.63, 3.8) is 0 Å². The molecule has 5 heteroatoms. The fourth-order valence-electron chi connectivity index (χ4n) is 2.55. The van der Waals surface area contributed by atoms with Crippen LogP contribution in [0.5, 0.6) is 0 Å². The summed E-state index contributed by atoms with van der Waals surface area (Å²) in [4.78, 5) is 17.2. The van der Waals surface area contributed by atoms with Gasteiger partial charge in [0, 0.05) is 24.7 Å². The normalized spacial score (nSPS) is 14.5. The van der Waals surface area contributed by atoms with Crippen molar-refractivity contribution in [3.05, 3.63) is 47.7 Å². The first-order chi connectivity index (χ1) is 10.3. The minimum atomic E-state index is 0.620. The van der Waals surface area contributed by atoms with E-state index >= 15 is 0 Å². The van der Waals surface area contributed by atoms with Gasteiger partial charge in [0.15, 0.2) is 0 Å². The summed E-state index contributed by atoms with van der Waals surface area (Å²) in [5.74, 6) is 3.24. The van der Waals surface area contributed by atoms with Gasteiger partial charge in [-0.15, -0.1) is 0 Å². The minimum absolute atomic E-state index is 0.620. The van der Waals surface area contributed by atoms with Crippen LogP contribution in [0, 0.1) is 0 Å². The van der Waals surface area contributed by atoms with Crippen LogP contribution in [0.1, 0.15) is 36.1 Å². The van der Waals surface area contributed by atoms with Gasteiger partial charge in [-0.25, -0.2) is 15.0 Å². The van der Waals surface area contributed by atoms with E-state index in [1.54, 1.807) is 0 Å². The first-order valence-corrected chi connectivity index (χ1v) is 7.31. The summed E-state index contributed by atoms with van der Waals surface area (Å²) in [6.45, 7) is 0. The van der Waals surface area contributed by atoms with E-state index in [1.807, 2.05) is 31.3 Å². The number of H-pyrrole nitrogens is 1. The number of para-hydroxylation sites is 2. The van der Waals surface area contributed by atoms with Crippen molar-refractivity contribution in [2.75, 3.05) is 12.4 Å². The zero-order chi connectivity index (χ0) is 14.2. The molecule has 1 fully saturated rings. The van der Waals surface area contributed by atoms with E-state index in [4.69, 9.17) is 4.98 Å². The second-order valence-electron chi connectivity index (χ2n) is 5.50. The molecular weight excluding hydrogens is 262 g/mol. The summed E-state index contributed by atoms with van der Waals surface area (Å²) in [7, 11) is 1.89. The highest BCUT2D eigenvalue weighted by atomic mass is 15.0. The summed E-state index contributed by atoms with van der Waals surface area (Å²) in [6, 6.07) is 10.1. The second-order valence-corrected chi connectivity index (χ2v) is 5.50. The van der Waals surface area contributed by atoms with Crippen molar-refractivity contribution >= 4 is 16.9 Å². The molecule has 5 nitrogen and oxygen atoms in total. The van der Waals surface area contributed by atoms with Gasteiger partial charge in [0.1, 0.15) is 17.5 Å². The third kappa shape index (κ3) is 2.46. The van der Waals surface area contributed by atoms with Crippen molar-refractivity contribution in [3.8, 4) is 0 Å². The fraction of sp³-hybridized carbons (Fsp3) is 0.312. The Labute approximate surface area is 122 Å². The molecule has 0 aliphatic heterocycles. The Morgan fingerprint density at radius 3 is 2.81 bits per heavy atom. The third-order valence-electron chi connectivity index (χ3n) is 3.81. The topological polar surface area (TPSA) is 66.5 Å². The van der Waals surface area contributed by atoms with Crippen LogP contribution in [-0.4, -0.2) is 27.0 Å². The highest BCUT2D eigenvalue weighted by Gasteiger charge is 2.26. The Morgan fingerprint density at radius 2 is 2.05 bits per heavy atom. The number of aromatic amines is 1. The number of aromatic nitrogens is 4. The van der Waals surface area contributed by atoms with Crippen LogP contribution in [0.25, 0.3) is 11.0 Å². The molecule has 1 aromatic carbocycles. The Hall–Kier alpha value is -2.43. The highest BCUT2D eigenvalue weighted by Crippen LogP contribution is 2.39. The molecule has 106 valence electrons. The quantitative estimate of drug-likeness (QED) is 0.770. The number of rotatable bonds is 4. The predicted octanol–water partition coefficient (Wildman–Crippen LogP) is 2.86. The first-order valence-electron chi connectivity index (χ1n) is 7.31. The molecule has 0 saturated heterocycles. The molecule has 4 rings (SSSR count). The Bertz CT molecular complexity index is 755. The van der Waals surface area contributed by atoms with Crippen molar-refractivity contribution < 1.29 is 0 Å². The number of hydrogen-bond acceptors (Lipinski definition) is 4. The molecule has 2 aromatic heterocycles. The average molecular weight is 279 g/mol. The maximum Gasteiger partial charge on any atom is 0.138 e. The van der Waals surface area contributed by atoms with Gasteiger partial charge in [0.2, 0.25) is 0 Å². The van der Waals surface area contributed by atoms with Gasteiger partial charge in [0.25, 0.3) is 0 Å². The van der Waals surface area contributed by atoms with Crippen LogP contribution in [0.15, 0.2) is 30.3 Å². The lowest BCUT2D eigenvalue weighted by atomic mass is 10.2. The molecule has 0 radical (unpaired) electrons. The average Bonchev–Trinajstić information content (AvgIpc) is 3.27. The van der Waals surface area contributed by atoms with Gasteiger partial charge in [-0.05, 0) is 25.0 Å². The number of imidazole rings is 1. The number of hydrogen-bond donors (Lipinski definition) is 2. The molecule has 1 aliphatic carbocycles. The number of fused-ring (bicyclic) bond motifs is 1. The largest absolute Gasteiger partial charge is 0.373 e. The first kappa shape index (κ1) is 12.3. The van der Waals surface area contributed by atoms with E-state index in [2.05, 4.69) is 26.3 Å². The van der Waals surface area contributed by atoms with E-state index in [1.165, 1.54) is 12.8 Å². The molecule has 0 spiro atoms. The van der Waals surface area contributed by atoms with Gasteiger partial charge in [0.05, 0.1) is 17.5 Å². The van der Waals surface area contributed by atoms with Crippen LogP contribution < -0.4 is 5.32 Å². The van der Waals surface area contributed by atoms with E-state index in [-0.39, 0.29) is 0 Å². The van der Waals surface area contributed by atoms with Gasteiger partial charge in [-0.1, -0.05) is 12.1 Å². The molecular formula is C16H17N5. The standard InChI is InChI=1S/C16H17N5/c1-17-14-8-13(10-6-7-10)20-16(21-14)9-15-18-11-4-2-3-5-12(11)19-15/h2-5,8,10H,6-7,9H2,1H3,(H,18,19)(H,17,20,21). The number of anilines is 1. The van der Waals surface area contributed by atoms with Crippen LogP contribution in [0.2, 0.25) is 0 Å². The van der Waals surface area contributed by atoms with Crippen molar-refractivity contribution in [2.24, 2.45) is 0 Å². The van der Waals surface area contributed by atoms with Crippen molar-refractivity contribution in [1.82, 2.24) is 19.9 Å². The van der Waals surface area contributed by atoms with Crippen molar-refractivity contribution in [1.29, 1.82) is 0 Å². The molecule has 0 amide bonds. The van der Waals surface area contributed by atoms with Crippen LogP contribution >= 0.6 is 0 Å². The van der Waals surface area contributed by atoms with Gasteiger partial charge in [-0.3, -0.25) is 0 Å². The van der Waals surface area contributed by atoms with E-state index in [0.717, 1.165) is 34.2 Å². The third-order valence-corrected chi connectivity index (χ3v) is 3.81. The summed E-state index contributed by atoms with van der Waals surface area (Å²) in [5.41, 5.74) is 3.19. The Kier molecular flexibility index (Phi) is 2.84. The van der Waals surface area contributed by atoms with Crippen molar-refractivity contribution in [2.45, 2.75) is 25.2 Å². The summed E-state index contributed by atoms with van der Waals surface area (Å²) in [5, 5.41) is 3.12. The Morgan fingerprint density at radius 1 is 1.19 bits per heavy atom. The SMILES string of the molecule is CNc1cc(C2CC2)nc(Cc2nc3ccccc3[nH]2)n1. The zero-order valence-electron chi connectivity index (χ0n) is 11.9. The molecule has 0 atom stereocenters. The predicted molar refractivity (Wildman–Crippen MR) is 82.5 cm³/mol. The number of nitrogens with zero attached hydrogens (tertiary/aromatic N) is 3. The van der Waals surface area contributed by atoms with Gasteiger partial charge in [-0.2, -0.15) is 0 Å². The van der Waals surface area contributed by atoms with Gasteiger partial charge < -0.3 is 10.3 Å². The molecule has 2 heterocycles. The number of benzene rings is 1. The van der Waals surface area contributed by atoms with Gasteiger partial charge >= 0.3 is 0 Å². The Balaban J connectivity index is 1.67. The maximum absolute atomic E-state index is 4.70. The van der Waals surface area contributed by atoms with Crippen LogP contribution in [-0.2, 0) is 6.42 Å². The monoisotopic (exact) mass is 279 g/mol. The fourth-order valence-corrected chi connectivity index (χ4v) is 2.55. The molecule has 3 aromatic rings. The molecule has 2 N–H and O–H groups in total. The lowest BCUT2D eigenvalue weighted by Crippen LogP contribution is -2.04. The minimum Gasteiger partial charge on any atom is -0.373 e. The number of nitrogens with one attached hydrogen (secondary N) is 2. The lowest BCUT2D eigenvalue weighted by molar-refractivity contribution is 0.875. The smallest absolute Gasteiger partial charge is 0.138 e. The summed E-state index contributed by atoms with van der Waals surface area (Å²) in [6.07, 6.45) is 3.11. The molecule has 21 heavy (non-hydrogen) atoms.